The molecular formula is C20H25N3O5. The quantitative estimate of drug-likeness (QED) is 0.751. The zero-order valence-electron chi connectivity index (χ0n) is 16.0. The Bertz CT molecular complexity index is 803. The van der Waals surface area contributed by atoms with Crippen molar-refractivity contribution < 1.29 is 23.5 Å². The molecule has 0 saturated carbocycles. The molecule has 3 heterocycles. The number of methoxy groups -OCH3 is 1. The van der Waals surface area contributed by atoms with E-state index in [1.807, 2.05) is 24.3 Å². The van der Waals surface area contributed by atoms with Gasteiger partial charge in [-0.3, -0.25) is 4.79 Å². The SMILES string of the molecule is COCC(=O)N1CCC(Oc2ccccc2-c2nc(C3CCOCC3)no2)C1. The number of ether oxygens (including phenoxy) is 3. The molecule has 0 N–H and O–H groups in total. The van der Waals surface area contributed by atoms with E-state index in [1.165, 1.54) is 7.11 Å². The Kier molecular flexibility index (Phi) is 5.87. The summed E-state index contributed by atoms with van der Waals surface area (Å²) in [6, 6.07) is 7.65. The predicted molar refractivity (Wildman–Crippen MR) is 100 cm³/mol. The summed E-state index contributed by atoms with van der Waals surface area (Å²) in [7, 11) is 1.52. The molecular weight excluding hydrogens is 362 g/mol. The number of hydrogen-bond acceptors (Lipinski definition) is 7. The number of nitrogens with zero attached hydrogens (tertiary/aromatic N) is 3. The van der Waals surface area contributed by atoms with Gasteiger partial charge in [-0.05, 0) is 25.0 Å². The molecule has 2 saturated heterocycles. The van der Waals surface area contributed by atoms with Gasteiger partial charge in [0.2, 0.25) is 5.91 Å². The first-order chi connectivity index (χ1) is 13.7. The van der Waals surface area contributed by atoms with Crippen LogP contribution < -0.4 is 4.74 Å². The van der Waals surface area contributed by atoms with Crippen molar-refractivity contribution in [2.24, 2.45) is 0 Å². The van der Waals surface area contributed by atoms with E-state index < -0.39 is 0 Å². The van der Waals surface area contributed by atoms with Crippen molar-refractivity contribution in [3.8, 4) is 17.2 Å². The number of carbonyl (C=O) groups excluding carboxylic acids is 1. The third-order valence-corrected chi connectivity index (χ3v) is 5.20. The minimum atomic E-state index is -0.0696. The molecule has 1 atom stereocenters. The lowest BCUT2D eigenvalue weighted by Gasteiger charge is -2.18. The molecule has 2 aromatic rings. The molecule has 0 aliphatic carbocycles. The predicted octanol–water partition coefficient (Wildman–Crippen LogP) is 2.26. The first kappa shape index (κ1) is 18.9. The van der Waals surface area contributed by atoms with Crippen molar-refractivity contribution in [2.75, 3.05) is 40.0 Å². The van der Waals surface area contributed by atoms with Crippen LogP contribution in [0.15, 0.2) is 28.8 Å². The van der Waals surface area contributed by atoms with Crippen LogP contribution in [0.25, 0.3) is 11.5 Å². The normalized spacial score (nSPS) is 20.5. The second-order valence-corrected chi connectivity index (χ2v) is 7.14. The maximum absolute atomic E-state index is 12.0. The third kappa shape index (κ3) is 4.18. The number of rotatable bonds is 6. The van der Waals surface area contributed by atoms with Crippen molar-refractivity contribution in [1.82, 2.24) is 15.0 Å². The van der Waals surface area contributed by atoms with Crippen molar-refractivity contribution >= 4 is 5.91 Å². The Hall–Kier alpha value is -2.45. The smallest absolute Gasteiger partial charge is 0.261 e. The van der Waals surface area contributed by atoms with Gasteiger partial charge in [0.15, 0.2) is 5.82 Å². The Morgan fingerprint density at radius 2 is 2.07 bits per heavy atom. The zero-order chi connectivity index (χ0) is 19.3. The summed E-state index contributed by atoms with van der Waals surface area (Å²) >= 11 is 0. The number of carbonyl (C=O) groups is 1. The first-order valence-corrected chi connectivity index (χ1v) is 9.68. The second-order valence-electron chi connectivity index (χ2n) is 7.14. The Balaban J connectivity index is 1.46. The largest absolute Gasteiger partial charge is 0.488 e. The molecule has 2 aliphatic rings. The van der Waals surface area contributed by atoms with Crippen LogP contribution in [0.2, 0.25) is 0 Å². The van der Waals surface area contributed by atoms with Crippen LogP contribution in [0.1, 0.15) is 31.0 Å². The van der Waals surface area contributed by atoms with Crippen LogP contribution in [0, 0.1) is 0 Å². The van der Waals surface area contributed by atoms with Crippen molar-refractivity contribution in [2.45, 2.75) is 31.3 Å². The van der Waals surface area contributed by atoms with Crippen molar-refractivity contribution in [1.29, 1.82) is 0 Å². The average molecular weight is 387 g/mol. The summed E-state index contributed by atoms with van der Waals surface area (Å²) in [6.45, 7) is 2.78. The highest BCUT2D eigenvalue weighted by Crippen LogP contribution is 2.33. The lowest BCUT2D eigenvalue weighted by Crippen LogP contribution is -2.33. The molecule has 0 radical (unpaired) electrons. The lowest BCUT2D eigenvalue weighted by molar-refractivity contribution is -0.134. The number of amides is 1. The molecule has 0 bridgehead atoms. The highest BCUT2D eigenvalue weighted by atomic mass is 16.5. The van der Waals surface area contributed by atoms with Gasteiger partial charge in [0.25, 0.3) is 5.89 Å². The Morgan fingerprint density at radius 1 is 1.25 bits per heavy atom. The van der Waals surface area contributed by atoms with Crippen molar-refractivity contribution in [3.63, 3.8) is 0 Å². The first-order valence-electron chi connectivity index (χ1n) is 9.68. The molecule has 1 aromatic carbocycles. The van der Waals surface area contributed by atoms with Crippen LogP contribution >= 0.6 is 0 Å². The van der Waals surface area contributed by atoms with E-state index in [4.69, 9.17) is 18.7 Å². The highest BCUT2D eigenvalue weighted by molar-refractivity contribution is 5.77. The molecule has 2 aliphatic heterocycles. The van der Waals surface area contributed by atoms with E-state index in [0.717, 1.165) is 43.9 Å². The maximum atomic E-state index is 12.0. The lowest BCUT2D eigenvalue weighted by atomic mass is 10.00. The number of para-hydroxylation sites is 1. The number of benzene rings is 1. The fourth-order valence-corrected chi connectivity index (χ4v) is 3.66. The molecule has 1 amide bonds. The minimum absolute atomic E-state index is 0.0140. The fraction of sp³-hybridized carbons (Fsp3) is 0.550. The van der Waals surface area contributed by atoms with Crippen LogP contribution in [0.5, 0.6) is 5.75 Å². The molecule has 1 aromatic heterocycles. The molecule has 8 nitrogen and oxygen atoms in total. The van der Waals surface area contributed by atoms with E-state index in [-0.39, 0.29) is 24.5 Å². The summed E-state index contributed by atoms with van der Waals surface area (Å²) in [4.78, 5) is 18.4. The van der Waals surface area contributed by atoms with Gasteiger partial charge in [-0.2, -0.15) is 4.98 Å². The van der Waals surface area contributed by atoms with E-state index in [9.17, 15) is 4.79 Å². The van der Waals surface area contributed by atoms with Gasteiger partial charge in [0.1, 0.15) is 18.5 Å². The topological polar surface area (TPSA) is 86.9 Å². The number of aromatic nitrogens is 2. The van der Waals surface area contributed by atoms with Gasteiger partial charge in [-0.25, -0.2) is 0 Å². The maximum Gasteiger partial charge on any atom is 0.261 e. The molecule has 28 heavy (non-hydrogen) atoms. The average Bonchev–Trinajstić information content (AvgIpc) is 3.39. The second kappa shape index (κ2) is 8.70. The number of hydrogen-bond donors (Lipinski definition) is 0. The van der Waals surface area contributed by atoms with E-state index in [0.29, 0.717) is 24.7 Å². The van der Waals surface area contributed by atoms with Crippen LogP contribution in [0.4, 0.5) is 0 Å². The van der Waals surface area contributed by atoms with Gasteiger partial charge >= 0.3 is 0 Å². The standard InChI is InChI=1S/C20H25N3O5/c1-25-13-18(24)23-9-6-15(12-23)27-17-5-3-2-4-16(17)20-21-19(22-28-20)14-7-10-26-11-8-14/h2-5,14-15H,6-13H2,1H3. The third-order valence-electron chi connectivity index (χ3n) is 5.20. The molecule has 150 valence electrons. The minimum Gasteiger partial charge on any atom is -0.488 e. The molecule has 4 rings (SSSR count). The summed E-state index contributed by atoms with van der Waals surface area (Å²) < 4.78 is 22.1. The van der Waals surface area contributed by atoms with Gasteiger partial charge < -0.3 is 23.6 Å². The van der Waals surface area contributed by atoms with Crippen LogP contribution in [0.3, 0.4) is 0 Å². The van der Waals surface area contributed by atoms with Gasteiger partial charge in [-0.1, -0.05) is 17.3 Å². The Morgan fingerprint density at radius 3 is 2.89 bits per heavy atom. The van der Waals surface area contributed by atoms with E-state index in [2.05, 4.69) is 10.1 Å². The summed E-state index contributed by atoms with van der Waals surface area (Å²) in [5.41, 5.74) is 0.773. The van der Waals surface area contributed by atoms with Gasteiger partial charge in [0, 0.05) is 39.2 Å². The molecule has 8 heteroatoms. The monoisotopic (exact) mass is 387 g/mol. The van der Waals surface area contributed by atoms with Gasteiger partial charge in [0.05, 0.1) is 12.1 Å². The van der Waals surface area contributed by atoms with Gasteiger partial charge in [-0.15, -0.1) is 0 Å². The van der Waals surface area contributed by atoms with E-state index in [1.54, 1.807) is 4.90 Å². The molecule has 1 unspecified atom stereocenters. The van der Waals surface area contributed by atoms with Crippen LogP contribution in [-0.4, -0.2) is 67.1 Å². The zero-order valence-corrected chi connectivity index (χ0v) is 16.0. The molecule has 2 fully saturated rings. The van der Waals surface area contributed by atoms with Crippen molar-refractivity contribution in [3.05, 3.63) is 30.1 Å². The van der Waals surface area contributed by atoms with Crippen LogP contribution in [-0.2, 0) is 14.3 Å². The fourth-order valence-electron chi connectivity index (χ4n) is 3.66. The van der Waals surface area contributed by atoms with E-state index >= 15 is 0 Å². The number of likely N-dealkylation sites (tertiary alicyclic amines) is 1. The Labute approximate surface area is 163 Å². The summed E-state index contributed by atoms with van der Waals surface area (Å²) in [5.74, 6) is 2.14. The highest BCUT2D eigenvalue weighted by Gasteiger charge is 2.29. The summed E-state index contributed by atoms with van der Waals surface area (Å²) in [5, 5.41) is 4.18. The molecule has 0 spiro atoms. The summed E-state index contributed by atoms with van der Waals surface area (Å²) in [6.07, 6.45) is 2.52.